The number of anilines is 2. The molecule has 3 nitrogen and oxygen atoms in total. The standard InChI is InChI=1S/C16H11F2N3/c17-12-7-5-11(6-8-12)14-9-10-16(21-20-14)19-15-4-2-1-3-13(15)18/h1-10H,(H,19,21). The zero-order valence-corrected chi connectivity index (χ0v) is 10.9. The predicted molar refractivity (Wildman–Crippen MR) is 77.1 cm³/mol. The zero-order valence-electron chi connectivity index (χ0n) is 10.9. The molecule has 0 saturated carbocycles. The number of hydrogen-bond acceptors (Lipinski definition) is 3. The SMILES string of the molecule is Fc1ccc(-c2ccc(Nc3ccccc3F)nn2)cc1. The number of para-hydroxylation sites is 1. The van der Waals surface area contributed by atoms with E-state index in [1.54, 1.807) is 42.5 Å². The molecule has 0 spiro atoms. The van der Waals surface area contributed by atoms with Crippen LogP contribution in [-0.2, 0) is 0 Å². The Bertz CT molecular complexity index is 740. The number of hydrogen-bond donors (Lipinski definition) is 1. The van der Waals surface area contributed by atoms with Gasteiger partial charge in [-0.25, -0.2) is 8.78 Å². The molecule has 0 amide bonds. The first kappa shape index (κ1) is 13.2. The summed E-state index contributed by atoms with van der Waals surface area (Å²) in [6.45, 7) is 0. The van der Waals surface area contributed by atoms with E-state index in [2.05, 4.69) is 15.5 Å². The van der Waals surface area contributed by atoms with E-state index in [9.17, 15) is 8.78 Å². The second kappa shape index (κ2) is 5.66. The maximum absolute atomic E-state index is 13.5. The van der Waals surface area contributed by atoms with Gasteiger partial charge in [0.15, 0.2) is 5.82 Å². The van der Waals surface area contributed by atoms with Crippen LogP contribution in [-0.4, -0.2) is 10.2 Å². The monoisotopic (exact) mass is 283 g/mol. The topological polar surface area (TPSA) is 37.8 Å². The normalized spacial score (nSPS) is 10.4. The summed E-state index contributed by atoms with van der Waals surface area (Å²) in [5.74, 6) is -0.225. The second-order valence-electron chi connectivity index (χ2n) is 4.42. The quantitative estimate of drug-likeness (QED) is 0.784. The Kier molecular flexibility index (Phi) is 3.55. The number of nitrogens with zero attached hydrogens (tertiary/aromatic N) is 2. The molecule has 1 heterocycles. The highest BCUT2D eigenvalue weighted by molar-refractivity contribution is 5.61. The molecule has 0 saturated heterocycles. The molecule has 0 bridgehead atoms. The fraction of sp³-hybridized carbons (Fsp3) is 0. The van der Waals surface area contributed by atoms with Gasteiger partial charge in [-0.3, -0.25) is 0 Å². The third kappa shape index (κ3) is 3.02. The Morgan fingerprint density at radius 2 is 1.52 bits per heavy atom. The van der Waals surface area contributed by atoms with Crippen LogP contribution in [0.3, 0.4) is 0 Å². The molecule has 5 heteroatoms. The van der Waals surface area contributed by atoms with E-state index < -0.39 is 0 Å². The summed E-state index contributed by atoms with van der Waals surface area (Å²) in [4.78, 5) is 0. The Balaban J connectivity index is 1.81. The van der Waals surface area contributed by atoms with E-state index in [4.69, 9.17) is 0 Å². The average Bonchev–Trinajstić information content (AvgIpc) is 2.51. The molecule has 3 rings (SSSR count). The van der Waals surface area contributed by atoms with Crippen molar-refractivity contribution < 1.29 is 8.78 Å². The number of halogens is 2. The molecule has 0 radical (unpaired) electrons. The summed E-state index contributed by atoms with van der Waals surface area (Å²) in [5, 5.41) is 10.9. The number of rotatable bonds is 3. The Labute approximate surface area is 120 Å². The van der Waals surface area contributed by atoms with E-state index in [-0.39, 0.29) is 11.6 Å². The molecule has 0 aliphatic carbocycles. The van der Waals surface area contributed by atoms with Crippen LogP contribution in [0.25, 0.3) is 11.3 Å². The fourth-order valence-electron chi connectivity index (χ4n) is 1.87. The molecule has 0 atom stereocenters. The van der Waals surface area contributed by atoms with E-state index in [0.717, 1.165) is 5.56 Å². The first-order valence-electron chi connectivity index (χ1n) is 6.33. The van der Waals surface area contributed by atoms with Gasteiger partial charge >= 0.3 is 0 Å². The van der Waals surface area contributed by atoms with Crippen LogP contribution in [0.4, 0.5) is 20.3 Å². The molecule has 0 fully saturated rings. The molecule has 0 aliphatic rings. The van der Waals surface area contributed by atoms with E-state index in [1.807, 2.05) is 0 Å². The lowest BCUT2D eigenvalue weighted by Gasteiger charge is -2.06. The van der Waals surface area contributed by atoms with Crippen molar-refractivity contribution in [3.63, 3.8) is 0 Å². The van der Waals surface area contributed by atoms with Crippen molar-refractivity contribution in [2.24, 2.45) is 0 Å². The van der Waals surface area contributed by atoms with Crippen molar-refractivity contribution in [3.8, 4) is 11.3 Å². The molecule has 3 aromatic rings. The van der Waals surface area contributed by atoms with Gasteiger partial charge in [0, 0.05) is 5.56 Å². The Hall–Kier alpha value is -2.82. The molecule has 2 aromatic carbocycles. The van der Waals surface area contributed by atoms with Crippen molar-refractivity contribution in [2.75, 3.05) is 5.32 Å². The minimum Gasteiger partial charge on any atom is -0.336 e. The van der Waals surface area contributed by atoms with Crippen molar-refractivity contribution in [1.29, 1.82) is 0 Å². The zero-order chi connectivity index (χ0) is 14.7. The minimum atomic E-state index is -0.359. The van der Waals surface area contributed by atoms with Gasteiger partial charge in [0.05, 0.1) is 11.4 Å². The predicted octanol–water partition coefficient (Wildman–Crippen LogP) is 4.17. The van der Waals surface area contributed by atoms with Gasteiger partial charge in [-0.2, -0.15) is 0 Å². The lowest BCUT2D eigenvalue weighted by Crippen LogP contribution is -1.98. The van der Waals surface area contributed by atoms with Crippen LogP contribution in [0.5, 0.6) is 0 Å². The van der Waals surface area contributed by atoms with E-state index >= 15 is 0 Å². The highest BCUT2D eigenvalue weighted by Crippen LogP contribution is 2.20. The van der Waals surface area contributed by atoms with Crippen molar-refractivity contribution in [1.82, 2.24) is 10.2 Å². The van der Waals surface area contributed by atoms with Crippen molar-refractivity contribution in [2.45, 2.75) is 0 Å². The summed E-state index contributed by atoms with van der Waals surface area (Å²) < 4.78 is 26.4. The van der Waals surface area contributed by atoms with E-state index in [1.165, 1.54) is 18.2 Å². The van der Waals surface area contributed by atoms with Gasteiger partial charge < -0.3 is 5.32 Å². The molecule has 21 heavy (non-hydrogen) atoms. The van der Waals surface area contributed by atoms with Crippen LogP contribution in [0.15, 0.2) is 60.7 Å². The average molecular weight is 283 g/mol. The van der Waals surface area contributed by atoms with Gasteiger partial charge in [-0.05, 0) is 48.5 Å². The van der Waals surface area contributed by atoms with Crippen LogP contribution in [0.1, 0.15) is 0 Å². The highest BCUT2D eigenvalue weighted by atomic mass is 19.1. The van der Waals surface area contributed by atoms with Gasteiger partial charge in [-0.15, -0.1) is 10.2 Å². The fourth-order valence-corrected chi connectivity index (χ4v) is 1.87. The molecule has 0 unspecified atom stereocenters. The van der Waals surface area contributed by atoms with E-state index in [0.29, 0.717) is 17.2 Å². The molecular formula is C16H11F2N3. The van der Waals surface area contributed by atoms with Crippen molar-refractivity contribution >= 4 is 11.5 Å². The summed E-state index contributed by atoms with van der Waals surface area (Å²) in [5.41, 5.74) is 1.72. The second-order valence-corrected chi connectivity index (χ2v) is 4.42. The first-order valence-corrected chi connectivity index (χ1v) is 6.33. The van der Waals surface area contributed by atoms with Crippen LogP contribution in [0, 0.1) is 11.6 Å². The summed E-state index contributed by atoms with van der Waals surface area (Å²) in [6.07, 6.45) is 0. The number of aromatic nitrogens is 2. The maximum atomic E-state index is 13.5. The smallest absolute Gasteiger partial charge is 0.153 e. The molecule has 104 valence electrons. The van der Waals surface area contributed by atoms with Gasteiger partial charge in [0.1, 0.15) is 11.6 Å². The van der Waals surface area contributed by atoms with Crippen LogP contribution < -0.4 is 5.32 Å². The molecular weight excluding hydrogens is 272 g/mol. The number of nitrogens with one attached hydrogen (secondary N) is 1. The van der Waals surface area contributed by atoms with Crippen molar-refractivity contribution in [3.05, 3.63) is 72.3 Å². The maximum Gasteiger partial charge on any atom is 0.153 e. The lowest BCUT2D eigenvalue weighted by molar-refractivity contribution is 0.628. The third-order valence-corrected chi connectivity index (χ3v) is 2.94. The van der Waals surface area contributed by atoms with Crippen LogP contribution >= 0.6 is 0 Å². The lowest BCUT2D eigenvalue weighted by atomic mass is 10.1. The Morgan fingerprint density at radius 3 is 2.19 bits per heavy atom. The van der Waals surface area contributed by atoms with Gasteiger partial charge in [0.25, 0.3) is 0 Å². The van der Waals surface area contributed by atoms with Gasteiger partial charge in [-0.1, -0.05) is 12.1 Å². The van der Waals surface area contributed by atoms with Crippen LogP contribution in [0.2, 0.25) is 0 Å². The number of benzene rings is 2. The van der Waals surface area contributed by atoms with Gasteiger partial charge in [0.2, 0.25) is 0 Å². The summed E-state index contributed by atoms with van der Waals surface area (Å²) in [6, 6.07) is 15.7. The minimum absolute atomic E-state index is 0.301. The summed E-state index contributed by atoms with van der Waals surface area (Å²) >= 11 is 0. The molecule has 0 aliphatic heterocycles. The Morgan fingerprint density at radius 1 is 0.762 bits per heavy atom. The largest absolute Gasteiger partial charge is 0.336 e. The summed E-state index contributed by atoms with van der Waals surface area (Å²) in [7, 11) is 0. The molecule has 1 N–H and O–H groups in total. The highest BCUT2D eigenvalue weighted by Gasteiger charge is 2.04. The molecule has 1 aromatic heterocycles. The third-order valence-electron chi connectivity index (χ3n) is 2.94. The first-order chi connectivity index (χ1) is 10.2.